The van der Waals surface area contributed by atoms with Crippen molar-refractivity contribution >= 4 is 16.8 Å². The van der Waals surface area contributed by atoms with Crippen LogP contribution < -0.4 is 10.7 Å². The predicted molar refractivity (Wildman–Crippen MR) is 98.2 cm³/mol. The Hall–Kier alpha value is -2.95. The maximum atomic E-state index is 12.5. The van der Waals surface area contributed by atoms with Gasteiger partial charge < -0.3 is 5.32 Å². The molecule has 0 spiro atoms. The van der Waals surface area contributed by atoms with Crippen LogP contribution in [0.2, 0.25) is 0 Å². The van der Waals surface area contributed by atoms with Crippen molar-refractivity contribution in [1.82, 2.24) is 15.1 Å². The van der Waals surface area contributed by atoms with Crippen LogP contribution in [0.1, 0.15) is 31.4 Å². The average Bonchev–Trinajstić information content (AvgIpc) is 2.65. The maximum Gasteiger partial charge on any atom is 0.242 e. The van der Waals surface area contributed by atoms with Crippen LogP contribution in [0.4, 0.5) is 0 Å². The standard InChI is InChI=1S/C20H21N3O2/c1-2-8-17(15-9-4-3-5-10-15)22-20(25)14-23-18-12-7-6-11-16(18)19(24)13-21-23/h3-7,9-13,17H,2,8,14H2,1H3,(H,22,25)/t17-/m0/s1. The predicted octanol–water partition coefficient (Wildman–Crippen LogP) is 3.05. The fraction of sp³-hybridized carbons (Fsp3) is 0.250. The van der Waals surface area contributed by atoms with Crippen LogP contribution in [-0.2, 0) is 11.3 Å². The van der Waals surface area contributed by atoms with Crippen molar-refractivity contribution in [3.63, 3.8) is 0 Å². The second kappa shape index (κ2) is 7.75. The van der Waals surface area contributed by atoms with Gasteiger partial charge in [0.25, 0.3) is 0 Å². The zero-order chi connectivity index (χ0) is 17.6. The van der Waals surface area contributed by atoms with Crippen LogP contribution in [-0.4, -0.2) is 15.7 Å². The third kappa shape index (κ3) is 3.94. The molecule has 0 aliphatic rings. The van der Waals surface area contributed by atoms with Gasteiger partial charge in [0.1, 0.15) is 6.54 Å². The van der Waals surface area contributed by atoms with E-state index in [2.05, 4.69) is 17.3 Å². The molecule has 1 amide bonds. The lowest BCUT2D eigenvalue weighted by Gasteiger charge is -2.19. The first-order valence-corrected chi connectivity index (χ1v) is 8.48. The molecule has 0 saturated carbocycles. The molecule has 5 nitrogen and oxygen atoms in total. The summed E-state index contributed by atoms with van der Waals surface area (Å²) in [5.41, 5.74) is 1.62. The molecular weight excluding hydrogens is 314 g/mol. The van der Waals surface area contributed by atoms with E-state index < -0.39 is 0 Å². The number of hydrogen-bond acceptors (Lipinski definition) is 3. The van der Waals surface area contributed by atoms with Crippen LogP contribution in [0.15, 0.2) is 65.6 Å². The fourth-order valence-corrected chi connectivity index (χ4v) is 2.96. The van der Waals surface area contributed by atoms with Gasteiger partial charge in [-0.1, -0.05) is 55.8 Å². The number of carbonyl (C=O) groups excluding carboxylic acids is 1. The van der Waals surface area contributed by atoms with Crippen molar-refractivity contribution in [2.24, 2.45) is 0 Å². The Balaban J connectivity index is 1.80. The number of hydrogen-bond donors (Lipinski definition) is 1. The van der Waals surface area contributed by atoms with E-state index in [1.54, 1.807) is 22.9 Å². The molecule has 3 rings (SSSR count). The maximum absolute atomic E-state index is 12.5. The number of carbonyl (C=O) groups is 1. The molecular formula is C20H21N3O2. The molecule has 1 aromatic heterocycles. The van der Waals surface area contributed by atoms with E-state index in [1.807, 2.05) is 36.4 Å². The van der Waals surface area contributed by atoms with E-state index in [0.29, 0.717) is 10.9 Å². The summed E-state index contributed by atoms with van der Waals surface area (Å²) in [7, 11) is 0. The van der Waals surface area contributed by atoms with Gasteiger partial charge in [-0.2, -0.15) is 5.10 Å². The number of para-hydroxylation sites is 1. The number of fused-ring (bicyclic) bond motifs is 1. The van der Waals surface area contributed by atoms with Gasteiger partial charge in [-0.3, -0.25) is 14.3 Å². The molecule has 5 heteroatoms. The van der Waals surface area contributed by atoms with E-state index in [9.17, 15) is 9.59 Å². The summed E-state index contributed by atoms with van der Waals surface area (Å²) in [4.78, 5) is 24.4. The molecule has 128 valence electrons. The minimum atomic E-state index is -0.139. The highest BCUT2D eigenvalue weighted by Gasteiger charge is 2.15. The lowest BCUT2D eigenvalue weighted by atomic mass is 10.0. The summed E-state index contributed by atoms with van der Waals surface area (Å²) in [6.07, 6.45) is 3.10. The zero-order valence-electron chi connectivity index (χ0n) is 14.2. The summed E-state index contributed by atoms with van der Waals surface area (Å²) < 4.78 is 1.57. The number of nitrogens with one attached hydrogen (secondary N) is 1. The summed E-state index contributed by atoms with van der Waals surface area (Å²) in [6.45, 7) is 2.17. The monoisotopic (exact) mass is 335 g/mol. The van der Waals surface area contributed by atoms with Crippen molar-refractivity contribution in [2.45, 2.75) is 32.4 Å². The molecule has 1 heterocycles. The van der Waals surface area contributed by atoms with E-state index in [1.165, 1.54) is 6.20 Å². The molecule has 1 atom stereocenters. The van der Waals surface area contributed by atoms with Crippen LogP contribution in [0.25, 0.3) is 10.9 Å². The van der Waals surface area contributed by atoms with Crippen molar-refractivity contribution in [1.29, 1.82) is 0 Å². The molecule has 1 N–H and O–H groups in total. The normalized spacial score (nSPS) is 12.0. The minimum absolute atomic E-state index is 0.0238. The molecule has 0 fully saturated rings. The Morgan fingerprint density at radius 2 is 1.84 bits per heavy atom. The van der Waals surface area contributed by atoms with Crippen LogP contribution in [0.3, 0.4) is 0 Å². The summed E-state index contributed by atoms with van der Waals surface area (Å²) in [5, 5.41) is 7.77. The van der Waals surface area contributed by atoms with Gasteiger partial charge in [0.15, 0.2) is 0 Å². The first-order valence-electron chi connectivity index (χ1n) is 8.48. The molecule has 2 aromatic carbocycles. The highest BCUT2D eigenvalue weighted by Crippen LogP contribution is 2.18. The lowest BCUT2D eigenvalue weighted by molar-refractivity contribution is -0.122. The van der Waals surface area contributed by atoms with Gasteiger partial charge in [0.2, 0.25) is 11.3 Å². The topological polar surface area (TPSA) is 64.0 Å². The van der Waals surface area contributed by atoms with Gasteiger partial charge in [-0.15, -0.1) is 0 Å². The SMILES string of the molecule is CCC[C@H](NC(=O)Cn1ncc(=O)c2ccccc21)c1ccccc1. The molecule has 0 unspecified atom stereocenters. The van der Waals surface area contributed by atoms with E-state index in [4.69, 9.17) is 0 Å². The number of rotatable bonds is 6. The molecule has 0 saturated heterocycles. The molecule has 3 aromatic rings. The van der Waals surface area contributed by atoms with Crippen LogP contribution in [0.5, 0.6) is 0 Å². The third-order valence-corrected chi connectivity index (χ3v) is 4.17. The molecule has 0 bridgehead atoms. The molecule has 0 aliphatic heterocycles. The Morgan fingerprint density at radius 1 is 1.12 bits per heavy atom. The Bertz CT molecular complexity index is 919. The van der Waals surface area contributed by atoms with Crippen molar-refractivity contribution < 1.29 is 4.79 Å². The number of amides is 1. The summed E-state index contributed by atoms with van der Waals surface area (Å²) in [5.74, 6) is -0.122. The Kier molecular flexibility index (Phi) is 5.23. The van der Waals surface area contributed by atoms with Crippen molar-refractivity contribution in [3.05, 3.63) is 76.6 Å². The van der Waals surface area contributed by atoms with E-state index in [0.717, 1.165) is 18.4 Å². The Labute approximate surface area is 146 Å². The van der Waals surface area contributed by atoms with Crippen LogP contribution in [0, 0.1) is 0 Å². The second-order valence-electron chi connectivity index (χ2n) is 6.00. The zero-order valence-corrected chi connectivity index (χ0v) is 14.2. The van der Waals surface area contributed by atoms with Gasteiger partial charge in [-0.05, 0) is 24.1 Å². The quantitative estimate of drug-likeness (QED) is 0.753. The smallest absolute Gasteiger partial charge is 0.242 e. The average molecular weight is 335 g/mol. The highest BCUT2D eigenvalue weighted by atomic mass is 16.2. The Morgan fingerprint density at radius 3 is 2.60 bits per heavy atom. The molecule has 25 heavy (non-hydrogen) atoms. The van der Waals surface area contributed by atoms with E-state index >= 15 is 0 Å². The van der Waals surface area contributed by atoms with Crippen LogP contribution >= 0.6 is 0 Å². The summed E-state index contributed by atoms with van der Waals surface area (Å²) in [6, 6.07) is 17.1. The first kappa shape index (κ1) is 16.9. The van der Waals surface area contributed by atoms with Gasteiger partial charge in [0.05, 0.1) is 17.8 Å². The summed E-state index contributed by atoms with van der Waals surface area (Å²) >= 11 is 0. The van der Waals surface area contributed by atoms with Gasteiger partial charge in [-0.25, -0.2) is 0 Å². The van der Waals surface area contributed by atoms with E-state index in [-0.39, 0.29) is 23.9 Å². The highest BCUT2D eigenvalue weighted by molar-refractivity contribution is 5.81. The minimum Gasteiger partial charge on any atom is -0.348 e. The van der Waals surface area contributed by atoms with Crippen molar-refractivity contribution in [3.8, 4) is 0 Å². The number of benzene rings is 2. The van der Waals surface area contributed by atoms with Gasteiger partial charge >= 0.3 is 0 Å². The molecule has 0 radical (unpaired) electrons. The number of aromatic nitrogens is 2. The van der Waals surface area contributed by atoms with Gasteiger partial charge in [0, 0.05) is 5.39 Å². The second-order valence-corrected chi connectivity index (χ2v) is 6.00. The largest absolute Gasteiger partial charge is 0.348 e. The van der Waals surface area contributed by atoms with Crippen molar-refractivity contribution in [2.75, 3.05) is 0 Å². The first-order chi connectivity index (χ1) is 12.2. The lowest BCUT2D eigenvalue weighted by Crippen LogP contribution is -2.32. The number of nitrogens with zero attached hydrogens (tertiary/aromatic N) is 2. The molecule has 0 aliphatic carbocycles. The fourth-order valence-electron chi connectivity index (χ4n) is 2.96. The third-order valence-electron chi connectivity index (χ3n) is 4.17.